The molecule has 0 aromatic heterocycles. The Hall–Kier alpha value is -3.40. The van der Waals surface area contributed by atoms with Crippen molar-refractivity contribution >= 4 is 11.9 Å². The lowest BCUT2D eigenvalue weighted by molar-refractivity contribution is -0.00134. The highest BCUT2D eigenvalue weighted by molar-refractivity contribution is 5.90. The van der Waals surface area contributed by atoms with Crippen molar-refractivity contribution in [2.45, 2.75) is 115 Å². The molecule has 1 atom stereocenters. The van der Waals surface area contributed by atoms with E-state index in [0.717, 1.165) is 17.4 Å². The van der Waals surface area contributed by atoms with E-state index in [1.54, 1.807) is 0 Å². The number of carbonyl (C=O) groups excluding carboxylic acids is 2. The van der Waals surface area contributed by atoms with E-state index in [4.69, 9.17) is 9.47 Å². The minimum atomic E-state index is -0.696. The second-order valence-corrected chi connectivity index (χ2v) is 13.5. The summed E-state index contributed by atoms with van der Waals surface area (Å²) in [7, 11) is 0. The third-order valence-corrected chi connectivity index (χ3v) is 10.4. The number of unbranched alkanes of at least 4 members (excludes halogenated alkanes) is 1. The molecule has 4 nitrogen and oxygen atoms in total. The van der Waals surface area contributed by atoms with Crippen LogP contribution in [0, 0.1) is 11.8 Å². The van der Waals surface area contributed by atoms with Crippen LogP contribution in [0.1, 0.15) is 153 Å². The van der Waals surface area contributed by atoms with Crippen molar-refractivity contribution in [1.29, 1.82) is 0 Å². The quantitative estimate of drug-likeness (QED) is 0.181. The third-order valence-electron chi connectivity index (χ3n) is 10.4. The summed E-state index contributed by atoms with van der Waals surface area (Å²) in [5.74, 6) is 2.08. The van der Waals surface area contributed by atoms with Crippen LogP contribution >= 0.6 is 0 Å². The summed E-state index contributed by atoms with van der Waals surface area (Å²) in [6.45, 7) is 4.50. The van der Waals surface area contributed by atoms with Crippen LogP contribution < -0.4 is 0 Å². The van der Waals surface area contributed by atoms with Crippen LogP contribution in [0.5, 0.6) is 0 Å². The third kappa shape index (κ3) is 9.31. The van der Waals surface area contributed by atoms with Gasteiger partial charge >= 0.3 is 11.9 Å². The Labute approximate surface area is 270 Å². The predicted octanol–water partition coefficient (Wildman–Crippen LogP) is 11.0. The summed E-state index contributed by atoms with van der Waals surface area (Å²) in [5.41, 5.74) is 4.45. The number of esters is 2. The van der Waals surface area contributed by atoms with Crippen LogP contribution in [0.2, 0.25) is 0 Å². The molecule has 2 saturated carbocycles. The van der Waals surface area contributed by atoms with Gasteiger partial charge in [-0.2, -0.15) is 0 Å². The molecule has 2 fully saturated rings. The molecule has 3 aromatic rings. The largest absolute Gasteiger partial charge is 0.458 e. The SMILES string of the molecule is CCCCC1CCC(c2ccc(C(=O)OCC(OC(=O)c3ccc(C4CCC(CCC)CC4)cc3)c3ccccc3)cc2)CC1. The molecule has 2 aliphatic carbocycles. The monoisotopic (exact) mass is 608 g/mol. The number of benzene rings is 3. The molecule has 0 heterocycles. The molecule has 45 heavy (non-hydrogen) atoms. The molecule has 0 saturated heterocycles. The van der Waals surface area contributed by atoms with Crippen LogP contribution in [0.15, 0.2) is 78.9 Å². The van der Waals surface area contributed by atoms with E-state index in [-0.39, 0.29) is 6.61 Å². The Bertz CT molecular complexity index is 1310. The zero-order chi connectivity index (χ0) is 31.4. The Morgan fingerprint density at radius 2 is 1.13 bits per heavy atom. The lowest BCUT2D eigenvalue weighted by Gasteiger charge is -2.29. The fraction of sp³-hybridized carbons (Fsp3) is 0.512. The maximum Gasteiger partial charge on any atom is 0.338 e. The summed E-state index contributed by atoms with van der Waals surface area (Å²) in [6.07, 6.45) is 16.0. The molecular formula is C41H52O4. The Kier molecular flexibility index (Phi) is 12.3. The molecule has 5 rings (SSSR count). The van der Waals surface area contributed by atoms with E-state index in [1.807, 2.05) is 54.6 Å². The van der Waals surface area contributed by atoms with Gasteiger partial charge in [-0.1, -0.05) is 101 Å². The molecule has 0 spiro atoms. The minimum Gasteiger partial charge on any atom is -0.458 e. The van der Waals surface area contributed by atoms with E-state index < -0.39 is 18.0 Å². The van der Waals surface area contributed by atoms with E-state index in [9.17, 15) is 9.59 Å². The van der Waals surface area contributed by atoms with E-state index in [0.29, 0.717) is 23.0 Å². The first-order valence-electron chi connectivity index (χ1n) is 17.7. The predicted molar refractivity (Wildman–Crippen MR) is 182 cm³/mol. The average Bonchev–Trinajstić information content (AvgIpc) is 3.10. The lowest BCUT2D eigenvalue weighted by Crippen LogP contribution is -2.19. The molecule has 240 valence electrons. The topological polar surface area (TPSA) is 52.6 Å². The summed E-state index contributed by atoms with van der Waals surface area (Å²) >= 11 is 0. The molecule has 0 amide bonds. The van der Waals surface area contributed by atoms with Crippen molar-refractivity contribution in [2.24, 2.45) is 11.8 Å². The number of ether oxygens (including phenoxy) is 2. The van der Waals surface area contributed by atoms with Crippen molar-refractivity contribution in [1.82, 2.24) is 0 Å². The normalized spacial score (nSPS) is 22.4. The van der Waals surface area contributed by atoms with E-state index in [2.05, 4.69) is 38.1 Å². The van der Waals surface area contributed by atoms with Gasteiger partial charge in [0.2, 0.25) is 0 Å². The molecule has 0 radical (unpaired) electrons. The summed E-state index contributed by atoms with van der Waals surface area (Å²) in [4.78, 5) is 26.3. The van der Waals surface area contributed by atoms with Gasteiger partial charge in [0.05, 0.1) is 11.1 Å². The summed E-state index contributed by atoms with van der Waals surface area (Å²) < 4.78 is 11.7. The smallest absolute Gasteiger partial charge is 0.338 e. The van der Waals surface area contributed by atoms with E-state index in [1.165, 1.54) is 94.6 Å². The fourth-order valence-corrected chi connectivity index (χ4v) is 7.55. The zero-order valence-corrected chi connectivity index (χ0v) is 27.4. The van der Waals surface area contributed by atoms with E-state index >= 15 is 0 Å². The van der Waals surface area contributed by atoms with Crippen molar-refractivity contribution < 1.29 is 19.1 Å². The van der Waals surface area contributed by atoms with Crippen LogP contribution in [-0.2, 0) is 9.47 Å². The average molecular weight is 609 g/mol. The summed E-state index contributed by atoms with van der Waals surface area (Å²) in [5, 5.41) is 0. The summed E-state index contributed by atoms with van der Waals surface area (Å²) in [6, 6.07) is 25.4. The lowest BCUT2D eigenvalue weighted by atomic mass is 9.77. The standard InChI is InChI=1S/C41H52O4/c1-3-5-10-31-15-19-33(20-16-31)34-21-25-37(26-22-34)40(42)44-29-39(36-11-7-6-8-12-36)45-41(43)38-27-23-35(24-28-38)32-17-13-30(9-4-2)14-18-32/h6-8,11-12,21-28,30-33,39H,3-5,9-10,13-20,29H2,1-2H3. The highest BCUT2D eigenvalue weighted by atomic mass is 16.6. The van der Waals surface area contributed by atoms with Crippen LogP contribution in [0.3, 0.4) is 0 Å². The number of hydrogen-bond acceptors (Lipinski definition) is 4. The molecule has 2 aliphatic rings. The van der Waals surface area contributed by atoms with Gasteiger partial charge in [0.15, 0.2) is 6.10 Å². The number of carbonyl (C=O) groups is 2. The van der Waals surface area contributed by atoms with Crippen LogP contribution in [0.25, 0.3) is 0 Å². The van der Waals surface area contributed by atoms with Gasteiger partial charge < -0.3 is 9.47 Å². The first-order valence-corrected chi connectivity index (χ1v) is 17.7. The maximum absolute atomic E-state index is 13.2. The highest BCUT2D eigenvalue weighted by Crippen LogP contribution is 2.39. The second kappa shape index (κ2) is 16.8. The van der Waals surface area contributed by atoms with Crippen LogP contribution in [-0.4, -0.2) is 18.5 Å². The van der Waals surface area contributed by atoms with Gasteiger partial charge in [-0.3, -0.25) is 0 Å². The molecule has 3 aromatic carbocycles. The number of hydrogen-bond donors (Lipinski definition) is 0. The van der Waals surface area contributed by atoms with Crippen molar-refractivity contribution in [2.75, 3.05) is 6.61 Å². The molecule has 4 heteroatoms. The van der Waals surface area contributed by atoms with Gasteiger partial charge in [0.1, 0.15) is 6.61 Å². The first kappa shape index (κ1) is 33.0. The van der Waals surface area contributed by atoms with Crippen molar-refractivity contribution in [3.63, 3.8) is 0 Å². The van der Waals surface area contributed by atoms with Gasteiger partial charge in [-0.05, 0) is 116 Å². The van der Waals surface area contributed by atoms with Gasteiger partial charge in [-0.15, -0.1) is 0 Å². The van der Waals surface area contributed by atoms with Crippen molar-refractivity contribution in [3.05, 3.63) is 107 Å². The first-order chi connectivity index (χ1) is 22.0. The van der Waals surface area contributed by atoms with Crippen molar-refractivity contribution in [3.8, 4) is 0 Å². The number of rotatable bonds is 13. The second-order valence-electron chi connectivity index (χ2n) is 13.5. The van der Waals surface area contributed by atoms with Gasteiger partial charge in [0.25, 0.3) is 0 Å². The Balaban J connectivity index is 1.15. The fourth-order valence-electron chi connectivity index (χ4n) is 7.55. The Morgan fingerprint density at radius 3 is 1.64 bits per heavy atom. The molecule has 0 bridgehead atoms. The Morgan fingerprint density at radius 1 is 0.622 bits per heavy atom. The maximum atomic E-state index is 13.2. The minimum absolute atomic E-state index is 0.0444. The van der Waals surface area contributed by atoms with Gasteiger partial charge in [0, 0.05) is 0 Å². The zero-order valence-electron chi connectivity index (χ0n) is 27.4. The highest BCUT2D eigenvalue weighted by Gasteiger charge is 2.25. The molecular weight excluding hydrogens is 556 g/mol. The molecule has 0 aliphatic heterocycles. The molecule has 0 N–H and O–H groups in total. The molecule has 1 unspecified atom stereocenters. The van der Waals surface area contributed by atoms with Gasteiger partial charge in [-0.25, -0.2) is 9.59 Å². The van der Waals surface area contributed by atoms with Crippen LogP contribution in [0.4, 0.5) is 0 Å².